The van der Waals surface area contributed by atoms with Crippen LogP contribution in [-0.2, 0) is 6.54 Å². The molecule has 0 aliphatic heterocycles. The fourth-order valence-corrected chi connectivity index (χ4v) is 2.06. The summed E-state index contributed by atoms with van der Waals surface area (Å²) < 4.78 is 2.06. The molecule has 0 aliphatic rings. The van der Waals surface area contributed by atoms with Crippen molar-refractivity contribution in [3.63, 3.8) is 0 Å². The molecule has 2 N–H and O–H groups in total. The molecule has 1 atom stereocenters. The van der Waals surface area contributed by atoms with Gasteiger partial charge < -0.3 is 5.73 Å². The summed E-state index contributed by atoms with van der Waals surface area (Å²) in [6, 6.07) is 2.60. The van der Waals surface area contributed by atoms with Crippen molar-refractivity contribution in [1.29, 1.82) is 0 Å². The van der Waals surface area contributed by atoms with Crippen LogP contribution in [0.4, 0.5) is 0 Å². The maximum atomic E-state index is 5.67. The second-order valence-electron chi connectivity index (χ2n) is 5.46. The minimum atomic E-state index is 0.479. The lowest BCUT2D eigenvalue weighted by Crippen LogP contribution is -2.32. The molecule has 1 unspecified atom stereocenters. The lowest BCUT2D eigenvalue weighted by Gasteiger charge is -2.22. The summed E-state index contributed by atoms with van der Waals surface area (Å²) in [5.41, 5.74) is 6.81. The Morgan fingerprint density at radius 1 is 1.39 bits per heavy atom. The van der Waals surface area contributed by atoms with Gasteiger partial charge in [-0.25, -0.2) is 0 Å². The lowest BCUT2D eigenvalue weighted by atomic mass is 10.2. The summed E-state index contributed by atoms with van der Waals surface area (Å²) in [6.07, 6.45) is 3.19. The van der Waals surface area contributed by atoms with Crippen LogP contribution in [-0.4, -0.2) is 34.3 Å². The minimum absolute atomic E-state index is 0.479. The lowest BCUT2D eigenvalue weighted by molar-refractivity contribution is 0.239. The number of aromatic nitrogens is 2. The molecule has 0 aromatic carbocycles. The van der Waals surface area contributed by atoms with Crippen LogP contribution in [0.1, 0.15) is 45.9 Å². The predicted octanol–water partition coefficient (Wildman–Crippen LogP) is 2.27. The fraction of sp³-hybridized carbons (Fsp3) is 0.786. The molecular formula is C14H28N4. The van der Waals surface area contributed by atoms with E-state index in [-0.39, 0.29) is 0 Å². The Balaban J connectivity index is 2.60. The van der Waals surface area contributed by atoms with E-state index in [2.05, 4.69) is 54.6 Å². The Hall–Kier alpha value is -0.870. The van der Waals surface area contributed by atoms with Gasteiger partial charge in [0.2, 0.25) is 0 Å². The number of hydrogen-bond donors (Lipinski definition) is 1. The topological polar surface area (TPSA) is 47.1 Å². The van der Waals surface area contributed by atoms with Crippen molar-refractivity contribution in [2.24, 2.45) is 11.7 Å². The van der Waals surface area contributed by atoms with E-state index in [1.165, 1.54) is 0 Å². The van der Waals surface area contributed by atoms with Crippen molar-refractivity contribution in [1.82, 2.24) is 14.7 Å². The molecule has 0 spiro atoms. The molecule has 4 nitrogen and oxygen atoms in total. The van der Waals surface area contributed by atoms with Crippen molar-refractivity contribution >= 4 is 0 Å². The van der Waals surface area contributed by atoms with Crippen molar-refractivity contribution < 1.29 is 0 Å². The first-order valence-corrected chi connectivity index (χ1v) is 7.03. The summed E-state index contributed by atoms with van der Waals surface area (Å²) in [4.78, 5) is 2.38. The molecule has 0 fully saturated rings. The highest BCUT2D eigenvalue weighted by atomic mass is 15.3. The molecule has 0 bridgehead atoms. The molecule has 18 heavy (non-hydrogen) atoms. The summed E-state index contributed by atoms with van der Waals surface area (Å²) in [7, 11) is 0. The quantitative estimate of drug-likeness (QED) is 0.772. The van der Waals surface area contributed by atoms with Crippen LogP contribution in [0.3, 0.4) is 0 Å². The van der Waals surface area contributed by atoms with E-state index in [1.807, 2.05) is 0 Å². The summed E-state index contributed by atoms with van der Waals surface area (Å²) in [5, 5.41) is 4.64. The zero-order chi connectivity index (χ0) is 13.5. The maximum absolute atomic E-state index is 5.67. The van der Waals surface area contributed by atoms with Gasteiger partial charge in [-0.3, -0.25) is 9.58 Å². The van der Waals surface area contributed by atoms with Crippen LogP contribution in [0.5, 0.6) is 0 Å². The monoisotopic (exact) mass is 252 g/mol. The molecule has 0 aliphatic carbocycles. The predicted molar refractivity (Wildman–Crippen MR) is 76.4 cm³/mol. The van der Waals surface area contributed by atoms with E-state index in [9.17, 15) is 0 Å². The van der Waals surface area contributed by atoms with Crippen LogP contribution in [0.25, 0.3) is 0 Å². The normalized spacial score (nSPS) is 13.5. The Kier molecular flexibility index (Phi) is 6.36. The summed E-state index contributed by atoms with van der Waals surface area (Å²) in [6.45, 7) is 12.5. The Bertz CT molecular complexity index is 332. The van der Waals surface area contributed by atoms with E-state index < -0.39 is 0 Å². The molecule has 1 aromatic rings. The molecule has 0 amide bonds. The van der Waals surface area contributed by atoms with Gasteiger partial charge in [-0.05, 0) is 25.3 Å². The number of rotatable bonds is 8. The number of hydrogen-bond acceptors (Lipinski definition) is 3. The third kappa shape index (κ3) is 4.78. The first-order chi connectivity index (χ1) is 8.56. The van der Waals surface area contributed by atoms with E-state index in [0.717, 1.165) is 31.7 Å². The van der Waals surface area contributed by atoms with Crippen molar-refractivity contribution in [3.05, 3.63) is 18.0 Å². The van der Waals surface area contributed by atoms with Crippen molar-refractivity contribution in [2.45, 2.75) is 46.7 Å². The molecule has 0 saturated heterocycles. The third-order valence-electron chi connectivity index (χ3n) is 3.16. The third-order valence-corrected chi connectivity index (χ3v) is 3.16. The molecule has 0 saturated carbocycles. The second-order valence-corrected chi connectivity index (χ2v) is 5.46. The highest BCUT2D eigenvalue weighted by molar-refractivity contribution is 4.99. The highest BCUT2D eigenvalue weighted by Gasteiger charge is 2.10. The molecular weight excluding hydrogens is 224 g/mol. The maximum Gasteiger partial charge on any atom is 0.0764 e. The summed E-state index contributed by atoms with van der Waals surface area (Å²) in [5.74, 6) is 0.660. The Morgan fingerprint density at radius 2 is 2.11 bits per heavy atom. The van der Waals surface area contributed by atoms with Gasteiger partial charge >= 0.3 is 0 Å². The zero-order valence-corrected chi connectivity index (χ0v) is 12.3. The van der Waals surface area contributed by atoms with Gasteiger partial charge in [0.1, 0.15) is 0 Å². The zero-order valence-electron chi connectivity index (χ0n) is 12.3. The molecule has 1 aromatic heterocycles. The first-order valence-electron chi connectivity index (χ1n) is 7.03. The van der Waals surface area contributed by atoms with Gasteiger partial charge in [-0.2, -0.15) is 5.10 Å². The van der Waals surface area contributed by atoms with Gasteiger partial charge in [0, 0.05) is 38.4 Å². The van der Waals surface area contributed by atoms with Crippen LogP contribution in [0, 0.1) is 5.92 Å². The number of nitrogens with zero attached hydrogens (tertiary/aromatic N) is 3. The van der Waals surface area contributed by atoms with Crippen LogP contribution < -0.4 is 5.73 Å². The van der Waals surface area contributed by atoms with Gasteiger partial charge in [-0.15, -0.1) is 0 Å². The van der Waals surface area contributed by atoms with E-state index in [0.29, 0.717) is 18.5 Å². The highest BCUT2D eigenvalue weighted by Crippen LogP contribution is 2.11. The van der Waals surface area contributed by atoms with Crippen LogP contribution in [0.15, 0.2) is 12.3 Å². The molecule has 4 heteroatoms. The Labute approximate surface area is 111 Å². The average molecular weight is 252 g/mol. The average Bonchev–Trinajstić information content (AvgIpc) is 2.76. The van der Waals surface area contributed by atoms with Crippen LogP contribution >= 0.6 is 0 Å². The van der Waals surface area contributed by atoms with Gasteiger partial charge in [0.25, 0.3) is 0 Å². The fourth-order valence-electron chi connectivity index (χ4n) is 2.06. The molecule has 1 heterocycles. The van der Waals surface area contributed by atoms with Crippen molar-refractivity contribution in [3.8, 4) is 0 Å². The smallest absolute Gasteiger partial charge is 0.0764 e. The van der Waals surface area contributed by atoms with Gasteiger partial charge in [-0.1, -0.05) is 20.8 Å². The summed E-state index contributed by atoms with van der Waals surface area (Å²) >= 11 is 0. The van der Waals surface area contributed by atoms with E-state index >= 15 is 0 Å². The molecule has 104 valence electrons. The Morgan fingerprint density at radius 3 is 2.67 bits per heavy atom. The van der Waals surface area contributed by atoms with Crippen molar-refractivity contribution in [2.75, 3.05) is 19.6 Å². The molecule has 1 rings (SSSR count). The SMILES string of the molecule is CCC(C)n1ccc(CN(CCN)CC(C)C)n1. The standard InChI is InChI=1S/C14H28N4/c1-5-13(4)18-8-6-14(16-18)11-17(9-7-15)10-12(2)3/h6,8,12-13H,5,7,9-11,15H2,1-4H3. The minimum Gasteiger partial charge on any atom is -0.329 e. The van der Waals surface area contributed by atoms with E-state index in [1.54, 1.807) is 0 Å². The van der Waals surface area contributed by atoms with E-state index in [4.69, 9.17) is 5.73 Å². The second kappa shape index (κ2) is 7.54. The first kappa shape index (κ1) is 15.2. The molecule has 0 radical (unpaired) electrons. The largest absolute Gasteiger partial charge is 0.329 e. The van der Waals surface area contributed by atoms with Crippen LogP contribution in [0.2, 0.25) is 0 Å². The number of nitrogens with two attached hydrogens (primary N) is 1. The van der Waals surface area contributed by atoms with Gasteiger partial charge in [0.15, 0.2) is 0 Å². The van der Waals surface area contributed by atoms with Gasteiger partial charge in [0.05, 0.1) is 5.69 Å².